The van der Waals surface area contributed by atoms with Crippen LogP contribution in [0.15, 0.2) is 97.2 Å². The number of pyridine rings is 1. The molecule has 5 rings (SSSR count). The van der Waals surface area contributed by atoms with Gasteiger partial charge in [-0.15, -0.1) is 0 Å². The smallest absolute Gasteiger partial charge is 0.339 e. The van der Waals surface area contributed by atoms with E-state index in [1.54, 1.807) is 20.1 Å². The Morgan fingerprint density at radius 3 is 2.27 bits per heavy atom. The Morgan fingerprint density at radius 2 is 1.59 bits per heavy atom. The number of aromatic nitrogens is 3. The zero-order valence-corrected chi connectivity index (χ0v) is 20.5. The fourth-order valence-corrected chi connectivity index (χ4v) is 4.08. The first kappa shape index (κ1) is 23.8. The zero-order chi connectivity index (χ0) is 25.8. The Bertz CT molecular complexity index is 1540. The number of carboxylic acid groups (broad SMARTS) is 1. The van der Waals surface area contributed by atoms with Gasteiger partial charge in [0.1, 0.15) is 23.7 Å². The second-order valence-electron chi connectivity index (χ2n) is 8.45. The lowest BCUT2D eigenvalue weighted by molar-refractivity contribution is 0.0696. The highest BCUT2D eigenvalue weighted by Gasteiger charge is 2.16. The summed E-state index contributed by atoms with van der Waals surface area (Å²) in [5.74, 6) is 1.05. The van der Waals surface area contributed by atoms with Crippen molar-refractivity contribution in [2.24, 2.45) is 0 Å². The molecule has 0 saturated carbocycles. The van der Waals surface area contributed by atoms with E-state index in [4.69, 9.17) is 14.5 Å². The van der Waals surface area contributed by atoms with E-state index in [9.17, 15) is 9.90 Å². The van der Waals surface area contributed by atoms with Gasteiger partial charge < -0.3 is 14.6 Å². The number of methoxy groups -OCH3 is 1. The third-order valence-corrected chi connectivity index (χ3v) is 6.13. The highest BCUT2D eigenvalue weighted by atomic mass is 16.5. The number of ether oxygens (including phenoxy) is 2. The molecule has 0 aliphatic carbocycles. The van der Waals surface area contributed by atoms with Gasteiger partial charge in [-0.3, -0.25) is 0 Å². The van der Waals surface area contributed by atoms with Gasteiger partial charge in [-0.05, 0) is 60.0 Å². The largest absolute Gasteiger partial charge is 0.497 e. The number of nitrogens with zero attached hydrogens (tertiary/aromatic N) is 3. The summed E-state index contributed by atoms with van der Waals surface area (Å²) in [7, 11) is 1.66. The molecular formula is C30H25N3O4. The van der Waals surface area contributed by atoms with Gasteiger partial charge in [-0.1, -0.05) is 54.6 Å². The summed E-state index contributed by atoms with van der Waals surface area (Å²) in [6.45, 7) is 2.11. The average Bonchev–Trinajstić information content (AvgIpc) is 3.34. The second kappa shape index (κ2) is 10.4. The monoisotopic (exact) mass is 491 g/mol. The summed E-state index contributed by atoms with van der Waals surface area (Å²) < 4.78 is 13.0. The third kappa shape index (κ3) is 5.06. The van der Waals surface area contributed by atoms with E-state index in [1.807, 2.05) is 60.7 Å². The van der Waals surface area contributed by atoms with Crippen molar-refractivity contribution in [1.29, 1.82) is 0 Å². The van der Waals surface area contributed by atoms with Crippen molar-refractivity contribution in [2.45, 2.75) is 13.5 Å². The van der Waals surface area contributed by atoms with Crippen LogP contribution >= 0.6 is 0 Å². The second-order valence-corrected chi connectivity index (χ2v) is 8.45. The van der Waals surface area contributed by atoms with Crippen molar-refractivity contribution in [3.05, 3.63) is 114 Å². The van der Waals surface area contributed by atoms with Gasteiger partial charge in [0.15, 0.2) is 5.82 Å². The van der Waals surface area contributed by atoms with Crippen molar-refractivity contribution in [3.63, 3.8) is 0 Å². The van der Waals surface area contributed by atoms with Gasteiger partial charge in [0, 0.05) is 5.56 Å². The summed E-state index contributed by atoms with van der Waals surface area (Å²) >= 11 is 0. The van der Waals surface area contributed by atoms with Crippen molar-refractivity contribution < 1.29 is 19.4 Å². The minimum Gasteiger partial charge on any atom is -0.497 e. The summed E-state index contributed by atoms with van der Waals surface area (Å²) in [6, 6.07) is 29.5. The normalized spacial score (nSPS) is 10.8. The van der Waals surface area contributed by atoms with E-state index in [0.29, 0.717) is 29.6 Å². The Morgan fingerprint density at radius 1 is 0.892 bits per heavy atom. The van der Waals surface area contributed by atoms with Crippen LogP contribution in [0.4, 0.5) is 0 Å². The minimum atomic E-state index is -1.02. The third-order valence-electron chi connectivity index (χ3n) is 6.13. The van der Waals surface area contributed by atoms with E-state index in [-0.39, 0.29) is 5.56 Å². The molecule has 5 aromatic rings. The molecule has 7 heteroatoms. The van der Waals surface area contributed by atoms with Crippen LogP contribution in [0.1, 0.15) is 21.6 Å². The highest BCUT2D eigenvalue weighted by Crippen LogP contribution is 2.30. The minimum absolute atomic E-state index is 0.147. The van der Waals surface area contributed by atoms with Crippen LogP contribution in [0.25, 0.3) is 28.2 Å². The molecule has 0 saturated heterocycles. The Hall–Kier alpha value is -4.91. The number of para-hydroxylation sites is 1. The van der Waals surface area contributed by atoms with Gasteiger partial charge in [-0.2, -0.15) is 5.10 Å². The SMILES string of the molecule is COc1ccc(-c2ccc(COc3ccccc3-c3cccc(-n4ncc(C(=O)O)c4C)n3)cc2)cc1. The maximum absolute atomic E-state index is 11.4. The van der Waals surface area contributed by atoms with Gasteiger partial charge in [0.25, 0.3) is 0 Å². The lowest BCUT2D eigenvalue weighted by Gasteiger charge is -2.13. The zero-order valence-electron chi connectivity index (χ0n) is 20.5. The topological polar surface area (TPSA) is 86.5 Å². The summed E-state index contributed by atoms with van der Waals surface area (Å²) in [5.41, 5.74) is 5.48. The van der Waals surface area contributed by atoms with E-state index >= 15 is 0 Å². The molecule has 0 atom stereocenters. The molecular weight excluding hydrogens is 466 g/mol. The van der Waals surface area contributed by atoms with Crippen LogP contribution in [-0.4, -0.2) is 33.0 Å². The Labute approximate surface area is 214 Å². The van der Waals surface area contributed by atoms with Gasteiger partial charge in [-0.25, -0.2) is 14.5 Å². The van der Waals surface area contributed by atoms with Crippen molar-refractivity contribution in [3.8, 4) is 39.7 Å². The van der Waals surface area contributed by atoms with E-state index in [1.165, 1.54) is 10.9 Å². The molecule has 0 aliphatic rings. The molecule has 0 bridgehead atoms. The molecule has 184 valence electrons. The first-order chi connectivity index (χ1) is 18.0. The summed E-state index contributed by atoms with van der Waals surface area (Å²) in [6.07, 6.45) is 1.34. The molecule has 2 heterocycles. The number of carboxylic acids is 1. The number of hydrogen-bond donors (Lipinski definition) is 1. The molecule has 0 fully saturated rings. The molecule has 0 radical (unpaired) electrons. The fourth-order valence-electron chi connectivity index (χ4n) is 4.08. The Balaban J connectivity index is 1.35. The molecule has 37 heavy (non-hydrogen) atoms. The van der Waals surface area contributed by atoms with Gasteiger partial charge >= 0.3 is 5.97 Å². The van der Waals surface area contributed by atoms with E-state index < -0.39 is 5.97 Å². The number of hydrogen-bond acceptors (Lipinski definition) is 5. The maximum Gasteiger partial charge on any atom is 0.339 e. The van der Waals surface area contributed by atoms with E-state index in [0.717, 1.165) is 28.0 Å². The van der Waals surface area contributed by atoms with Gasteiger partial charge in [0.2, 0.25) is 0 Å². The number of rotatable bonds is 8. The predicted octanol–water partition coefficient (Wildman–Crippen LogP) is 6.20. The number of benzene rings is 3. The molecule has 0 aliphatic heterocycles. The standard InChI is InChI=1S/C30H25N3O4/c1-20-26(30(34)35)18-31-33(20)29-9-5-7-27(32-29)25-6-3-4-8-28(25)37-19-21-10-12-22(13-11-21)23-14-16-24(36-2)17-15-23/h3-18H,19H2,1-2H3,(H,34,35). The lowest BCUT2D eigenvalue weighted by Crippen LogP contribution is -2.05. The van der Waals surface area contributed by atoms with Crippen molar-refractivity contribution >= 4 is 5.97 Å². The molecule has 3 aromatic carbocycles. The van der Waals surface area contributed by atoms with Crippen LogP contribution in [0.3, 0.4) is 0 Å². The Kier molecular flexibility index (Phi) is 6.68. The van der Waals surface area contributed by atoms with E-state index in [2.05, 4.69) is 29.4 Å². The predicted molar refractivity (Wildman–Crippen MR) is 141 cm³/mol. The van der Waals surface area contributed by atoms with Crippen molar-refractivity contribution in [1.82, 2.24) is 14.8 Å². The fraction of sp³-hybridized carbons (Fsp3) is 0.100. The molecule has 0 unspecified atom stereocenters. The van der Waals surface area contributed by atoms with Crippen LogP contribution in [-0.2, 0) is 6.61 Å². The van der Waals surface area contributed by atoms with Crippen LogP contribution in [0.2, 0.25) is 0 Å². The molecule has 1 N–H and O–H groups in total. The lowest BCUT2D eigenvalue weighted by atomic mass is 10.0. The first-order valence-electron chi connectivity index (χ1n) is 11.7. The summed E-state index contributed by atoms with van der Waals surface area (Å²) in [4.78, 5) is 16.1. The molecule has 0 amide bonds. The number of carbonyl (C=O) groups is 1. The quantitative estimate of drug-likeness (QED) is 0.278. The molecule has 7 nitrogen and oxygen atoms in total. The van der Waals surface area contributed by atoms with Crippen molar-refractivity contribution in [2.75, 3.05) is 7.11 Å². The number of aromatic carboxylic acids is 1. The molecule has 2 aromatic heterocycles. The van der Waals surface area contributed by atoms with Gasteiger partial charge in [0.05, 0.1) is 24.7 Å². The van der Waals surface area contributed by atoms with Crippen LogP contribution < -0.4 is 9.47 Å². The van der Waals surface area contributed by atoms with Crippen LogP contribution in [0, 0.1) is 6.92 Å². The highest BCUT2D eigenvalue weighted by molar-refractivity contribution is 5.88. The maximum atomic E-state index is 11.4. The molecule has 0 spiro atoms. The summed E-state index contributed by atoms with van der Waals surface area (Å²) in [5, 5.41) is 13.6. The van der Waals surface area contributed by atoms with Crippen LogP contribution in [0.5, 0.6) is 11.5 Å². The average molecular weight is 492 g/mol. The first-order valence-corrected chi connectivity index (χ1v) is 11.7.